The van der Waals surface area contributed by atoms with Crippen molar-refractivity contribution < 1.29 is 9.22 Å². The molecule has 0 unspecified atom stereocenters. The van der Waals surface area contributed by atoms with Crippen LogP contribution in [0.2, 0.25) is 18.1 Å². The van der Waals surface area contributed by atoms with Crippen molar-refractivity contribution in [2.45, 2.75) is 52.2 Å². The topological polar surface area (TPSA) is 38.3 Å². The van der Waals surface area contributed by atoms with E-state index < -0.39 is 8.32 Å². The molecule has 0 aromatic carbocycles. The first-order chi connectivity index (χ1) is 7.17. The molecular formula is C12H25NO2Si. The lowest BCUT2D eigenvalue weighted by molar-refractivity contribution is -0.118. The minimum atomic E-state index is -1.61. The lowest BCUT2D eigenvalue weighted by atomic mass is 10.2. The molecule has 0 aromatic heterocycles. The molecule has 0 radical (unpaired) electrons. The van der Waals surface area contributed by atoms with Crippen LogP contribution in [0.1, 0.15) is 34.1 Å². The van der Waals surface area contributed by atoms with E-state index >= 15 is 0 Å². The summed E-state index contributed by atoms with van der Waals surface area (Å²) >= 11 is 0. The second-order valence-corrected chi connectivity index (χ2v) is 10.3. The normalized spacial score (nSPS) is 13.1. The molecule has 0 spiro atoms. The maximum absolute atomic E-state index is 10.6. The zero-order valence-electron chi connectivity index (χ0n) is 11.4. The van der Waals surface area contributed by atoms with Gasteiger partial charge in [0.2, 0.25) is 5.91 Å². The standard InChI is InChI=1S/C12H25NO2Si/c1-11(14)13-9-7-8-10-15-16(5,6)12(2,3)4/h7,9H,8,10H2,1-6H3,(H,13,14)/b9-7-. The highest BCUT2D eigenvalue weighted by Crippen LogP contribution is 2.36. The van der Waals surface area contributed by atoms with E-state index in [1.807, 2.05) is 6.08 Å². The molecule has 0 aliphatic rings. The van der Waals surface area contributed by atoms with Crippen molar-refractivity contribution >= 4 is 14.2 Å². The minimum Gasteiger partial charge on any atom is -0.417 e. The van der Waals surface area contributed by atoms with Crippen LogP contribution < -0.4 is 5.32 Å². The van der Waals surface area contributed by atoms with Gasteiger partial charge in [-0.1, -0.05) is 26.8 Å². The predicted molar refractivity (Wildman–Crippen MR) is 70.7 cm³/mol. The molecule has 1 amide bonds. The molecule has 0 fully saturated rings. The van der Waals surface area contributed by atoms with Gasteiger partial charge in [0.05, 0.1) is 0 Å². The van der Waals surface area contributed by atoms with Crippen LogP contribution in [0.3, 0.4) is 0 Å². The zero-order chi connectivity index (χ0) is 12.8. The first-order valence-electron chi connectivity index (χ1n) is 5.73. The van der Waals surface area contributed by atoms with Crippen LogP contribution in [0.15, 0.2) is 12.3 Å². The van der Waals surface area contributed by atoms with Gasteiger partial charge in [0, 0.05) is 13.5 Å². The maximum atomic E-state index is 10.6. The van der Waals surface area contributed by atoms with E-state index in [-0.39, 0.29) is 10.9 Å². The van der Waals surface area contributed by atoms with Gasteiger partial charge in [-0.2, -0.15) is 0 Å². The van der Waals surface area contributed by atoms with E-state index in [2.05, 4.69) is 39.2 Å². The third-order valence-electron chi connectivity index (χ3n) is 2.96. The lowest BCUT2D eigenvalue weighted by Gasteiger charge is -2.36. The minimum absolute atomic E-state index is 0.0402. The SMILES string of the molecule is CC(=O)N/C=C\CCO[Si](C)(C)C(C)(C)C. The molecule has 0 heterocycles. The Kier molecular flexibility index (Phi) is 5.97. The zero-order valence-corrected chi connectivity index (χ0v) is 12.4. The number of rotatable bonds is 5. The van der Waals surface area contributed by atoms with Crippen LogP contribution >= 0.6 is 0 Å². The largest absolute Gasteiger partial charge is 0.417 e. The number of nitrogens with one attached hydrogen (secondary N) is 1. The van der Waals surface area contributed by atoms with Crippen LogP contribution in [0, 0.1) is 0 Å². The van der Waals surface area contributed by atoms with E-state index in [0.29, 0.717) is 0 Å². The highest BCUT2D eigenvalue weighted by Gasteiger charge is 2.36. The molecular weight excluding hydrogens is 218 g/mol. The van der Waals surface area contributed by atoms with Gasteiger partial charge >= 0.3 is 0 Å². The number of carbonyl (C=O) groups excluding carboxylic acids is 1. The fraction of sp³-hybridized carbons (Fsp3) is 0.750. The van der Waals surface area contributed by atoms with Gasteiger partial charge in [0.25, 0.3) is 0 Å². The van der Waals surface area contributed by atoms with Crippen molar-refractivity contribution in [3.05, 3.63) is 12.3 Å². The average molecular weight is 243 g/mol. The summed E-state index contributed by atoms with van der Waals surface area (Å²) in [5, 5.41) is 2.87. The summed E-state index contributed by atoms with van der Waals surface area (Å²) in [6.07, 6.45) is 4.44. The quantitative estimate of drug-likeness (QED) is 0.595. The molecule has 0 rings (SSSR count). The van der Waals surface area contributed by atoms with Gasteiger partial charge in [0.1, 0.15) is 0 Å². The van der Waals surface area contributed by atoms with Crippen molar-refractivity contribution in [2.75, 3.05) is 6.61 Å². The molecule has 94 valence electrons. The molecule has 0 atom stereocenters. The molecule has 0 saturated carbocycles. The monoisotopic (exact) mass is 243 g/mol. The molecule has 4 heteroatoms. The number of hydrogen-bond donors (Lipinski definition) is 1. The van der Waals surface area contributed by atoms with Crippen molar-refractivity contribution in [1.82, 2.24) is 5.32 Å². The Hall–Kier alpha value is -0.613. The summed E-state index contributed by atoms with van der Waals surface area (Å²) in [5.41, 5.74) is 0. The molecule has 0 aliphatic carbocycles. The first kappa shape index (κ1) is 15.4. The Morgan fingerprint density at radius 1 is 1.38 bits per heavy atom. The Morgan fingerprint density at radius 3 is 2.38 bits per heavy atom. The smallest absolute Gasteiger partial charge is 0.220 e. The van der Waals surface area contributed by atoms with Crippen LogP contribution in [0.5, 0.6) is 0 Å². The van der Waals surface area contributed by atoms with Crippen molar-refractivity contribution in [3.8, 4) is 0 Å². The summed E-state index contributed by atoms with van der Waals surface area (Å²) in [5.74, 6) is -0.0402. The molecule has 0 aromatic rings. The van der Waals surface area contributed by atoms with E-state index in [1.54, 1.807) is 6.20 Å². The van der Waals surface area contributed by atoms with Crippen molar-refractivity contribution in [3.63, 3.8) is 0 Å². The lowest BCUT2D eigenvalue weighted by Crippen LogP contribution is -2.40. The molecule has 0 saturated heterocycles. The van der Waals surface area contributed by atoms with E-state index in [0.717, 1.165) is 13.0 Å². The van der Waals surface area contributed by atoms with Crippen molar-refractivity contribution in [1.29, 1.82) is 0 Å². The Bertz CT molecular complexity index is 254. The van der Waals surface area contributed by atoms with Gasteiger partial charge in [0.15, 0.2) is 8.32 Å². The summed E-state index contributed by atoms with van der Waals surface area (Å²) in [6.45, 7) is 13.4. The van der Waals surface area contributed by atoms with Gasteiger partial charge in [-0.3, -0.25) is 4.79 Å². The fourth-order valence-corrected chi connectivity index (χ4v) is 1.92. The van der Waals surface area contributed by atoms with E-state index in [9.17, 15) is 4.79 Å². The third kappa shape index (κ3) is 6.08. The Balaban J connectivity index is 3.83. The predicted octanol–water partition coefficient (Wildman–Crippen LogP) is 3.05. The molecule has 1 N–H and O–H groups in total. The highest BCUT2D eigenvalue weighted by molar-refractivity contribution is 6.74. The van der Waals surface area contributed by atoms with E-state index in [1.165, 1.54) is 6.92 Å². The van der Waals surface area contributed by atoms with E-state index in [4.69, 9.17) is 4.43 Å². The molecule has 16 heavy (non-hydrogen) atoms. The summed E-state index contributed by atoms with van der Waals surface area (Å²) in [4.78, 5) is 10.6. The summed E-state index contributed by atoms with van der Waals surface area (Å²) in [6, 6.07) is 0. The summed E-state index contributed by atoms with van der Waals surface area (Å²) < 4.78 is 5.98. The van der Waals surface area contributed by atoms with Crippen molar-refractivity contribution in [2.24, 2.45) is 0 Å². The molecule has 3 nitrogen and oxygen atoms in total. The second kappa shape index (κ2) is 6.20. The average Bonchev–Trinajstić information content (AvgIpc) is 2.08. The summed E-state index contributed by atoms with van der Waals surface area (Å²) in [7, 11) is -1.61. The number of carbonyl (C=O) groups is 1. The van der Waals surface area contributed by atoms with Gasteiger partial charge in [-0.25, -0.2) is 0 Å². The number of amides is 1. The van der Waals surface area contributed by atoms with Gasteiger partial charge < -0.3 is 9.74 Å². The van der Waals surface area contributed by atoms with Crippen LogP contribution in [0.4, 0.5) is 0 Å². The maximum Gasteiger partial charge on any atom is 0.220 e. The van der Waals surface area contributed by atoms with Gasteiger partial charge in [-0.15, -0.1) is 0 Å². The second-order valence-electron chi connectivity index (χ2n) is 5.50. The van der Waals surface area contributed by atoms with Gasteiger partial charge in [-0.05, 0) is 30.8 Å². The fourth-order valence-electron chi connectivity index (χ4n) is 0.858. The molecule has 0 bridgehead atoms. The Labute approximate surface area is 100 Å². The number of hydrogen-bond acceptors (Lipinski definition) is 2. The Morgan fingerprint density at radius 2 is 1.94 bits per heavy atom. The highest BCUT2D eigenvalue weighted by atomic mass is 28.4. The molecule has 0 aliphatic heterocycles. The van der Waals surface area contributed by atoms with Crippen LogP contribution in [0.25, 0.3) is 0 Å². The first-order valence-corrected chi connectivity index (χ1v) is 8.64. The van der Waals surface area contributed by atoms with Crippen LogP contribution in [-0.4, -0.2) is 20.8 Å². The third-order valence-corrected chi connectivity index (χ3v) is 7.50. The van der Waals surface area contributed by atoms with Crippen LogP contribution in [-0.2, 0) is 9.22 Å².